The van der Waals surface area contributed by atoms with Crippen LogP contribution in [-0.4, -0.2) is 10.7 Å². The predicted molar refractivity (Wildman–Crippen MR) is 72.9 cm³/mol. The van der Waals surface area contributed by atoms with Gasteiger partial charge in [0.05, 0.1) is 17.1 Å². The van der Waals surface area contributed by atoms with Crippen LogP contribution in [0.25, 0.3) is 0 Å². The molecule has 18 heavy (non-hydrogen) atoms. The molecule has 2 fully saturated rings. The number of hydrogen-bond acceptors (Lipinski definition) is 2. The third-order valence-electron chi connectivity index (χ3n) is 5.28. The van der Waals surface area contributed by atoms with Crippen LogP contribution in [0.1, 0.15) is 71.6 Å². The number of rotatable bonds is 5. The molecule has 0 aromatic heterocycles. The molecule has 2 aliphatic carbocycles. The van der Waals surface area contributed by atoms with Crippen molar-refractivity contribution in [3.8, 4) is 6.07 Å². The predicted octanol–water partition coefficient (Wildman–Crippen LogP) is 4.04. The average Bonchev–Trinajstić information content (AvgIpc) is 3.13. The second-order valence-electron chi connectivity index (χ2n) is 6.85. The van der Waals surface area contributed by atoms with Gasteiger partial charge in [-0.1, -0.05) is 32.6 Å². The molecule has 1 N–H and O–H groups in total. The van der Waals surface area contributed by atoms with E-state index in [1.165, 1.54) is 25.7 Å². The summed E-state index contributed by atoms with van der Waals surface area (Å²) < 4.78 is 0. The summed E-state index contributed by atoms with van der Waals surface area (Å²) in [6, 6.07) is 2.50. The molecule has 0 heterocycles. The lowest BCUT2D eigenvalue weighted by Gasteiger charge is -2.45. The Morgan fingerprint density at radius 2 is 1.83 bits per heavy atom. The Morgan fingerprint density at radius 3 is 2.28 bits per heavy atom. The lowest BCUT2D eigenvalue weighted by Crippen LogP contribution is -2.47. The highest BCUT2D eigenvalue weighted by Gasteiger charge is 2.51. The van der Waals surface area contributed by atoms with Crippen LogP contribution in [-0.2, 0) is 0 Å². The van der Waals surface area contributed by atoms with Gasteiger partial charge in [0, 0.05) is 0 Å². The zero-order valence-electron chi connectivity index (χ0n) is 11.9. The average molecular weight is 249 g/mol. The third kappa shape index (κ3) is 2.72. The van der Waals surface area contributed by atoms with Crippen molar-refractivity contribution in [2.75, 3.05) is 0 Å². The van der Waals surface area contributed by atoms with Crippen LogP contribution < -0.4 is 0 Å². The zero-order valence-corrected chi connectivity index (χ0v) is 11.9. The lowest BCUT2D eigenvalue weighted by molar-refractivity contribution is -0.0735. The first-order chi connectivity index (χ1) is 8.53. The molecule has 0 radical (unpaired) electrons. The Hall–Kier alpha value is -0.550. The van der Waals surface area contributed by atoms with Gasteiger partial charge in [0.25, 0.3) is 0 Å². The van der Waals surface area contributed by atoms with Crippen molar-refractivity contribution < 1.29 is 5.11 Å². The van der Waals surface area contributed by atoms with Gasteiger partial charge in [-0.05, 0) is 50.9 Å². The van der Waals surface area contributed by atoms with Gasteiger partial charge in [-0.25, -0.2) is 0 Å². The van der Waals surface area contributed by atoms with Crippen molar-refractivity contribution in [2.24, 2.45) is 17.3 Å². The van der Waals surface area contributed by atoms with Gasteiger partial charge in [0.15, 0.2) is 0 Å². The van der Waals surface area contributed by atoms with Crippen LogP contribution in [0.5, 0.6) is 0 Å². The highest BCUT2D eigenvalue weighted by Crippen LogP contribution is 2.51. The Balaban J connectivity index is 2.01. The second-order valence-corrected chi connectivity index (χ2v) is 6.85. The summed E-state index contributed by atoms with van der Waals surface area (Å²) in [5.41, 5.74) is -1.25. The molecule has 1 unspecified atom stereocenters. The molecule has 2 heteroatoms. The van der Waals surface area contributed by atoms with E-state index in [0.29, 0.717) is 5.92 Å². The van der Waals surface area contributed by atoms with E-state index in [1.807, 2.05) is 6.92 Å². The fraction of sp³-hybridized carbons (Fsp3) is 0.938. The van der Waals surface area contributed by atoms with Crippen molar-refractivity contribution >= 4 is 0 Å². The minimum absolute atomic E-state index is 0.472. The second kappa shape index (κ2) is 5.21. The number of nitriles is 1. The van der Waals surface area contributed by atoms with Crippen LogP contribution in [0.15, 0.2) is 0 Å². The molecule has 1 atom stereocenters. The Labute approximate surface area is 111 Å². The Bertz CT molecular complexity index is 316. The highest BCUT2D eigenvalue weighted by atomic mass is 16.3. The standard InChI is InChI=1S/C16H27NO/c1-3-4-13-7-9-16(12-17,10-8-13)15(2,18)11-14-5-6-14/h13-14,18H,3-11H2,1-2H3. The topological polar surface area (TPSA) is 44.0 Å². The summed E-state index contributed by atoms with van der Waals surface area (Å²) in [5.74, 6) is 1.46. The van der Waals surface area contributed by atoms with Gasteiger partial charge in [-0.15, -0.1) is 0 Å². The Kier molecular flexibility index (Phi) is 4.02. The molecule has 2 rings (SSSR count). The van der Waals surface area contributed by atoms with Gasteiger partial charge >= 0.3 is 0 Å². The first-order valence-corrected chi connectivity index (χ1v) is 7.66. The van der Waals surface area contributed by atoms with E-state index in [0.717, 1.165) is 38.0 Å². The fourth-order valence-electron chi connectivity index (χ4n) is 3.72. The summed E-state index contributed by atoms with van der Waals surface area (Å²) in [6.07, 6.45) is 9.90. The van der Waals surface area contributed by atoms with Crippen molar-refractivity contribution in [1.29, 1.82) is 5.26 Å². The molecule has 2 nitrogen and oxygen atoms in total. The van der Waals surface area contributed by atoms with Crippen molar-refractivity contribution in [1.82, 2.24) is 0 Å². The summed E-state index contributed by atoms with van der Waals surface area (Å²) in [7, 11) is 0. The highest BCUT2D eigenvalue weighted by molar-refractivity contribution is 5.12. The number of nitrogens with zero attached hydrogens (tertiary/aromatic N) is 1. The van der Waals surface area contributed by atoms with E-state index >= 15 is 0 Å². The molecule has 2 saturated carbocycles. The SMILES string of the molecule is CCCC1CCC(C#N)(C(C)(O)CC2CC2)CC1. The van der Waals surface area contributed by atoms with E-state index in [1.54, 1.807) is 0 Å². The van der Waals surface area contributed by atoms with Gasteiger partial charge in [0.1, 0.15) is 0 Å². The van der Waals surface area contributed by atoms with Crippen LogP contribution >= 0.6 is 0 Å². The molecule has 0 aromatic rings. The summed E-state index contributed by atoms with van der Waals surface area (Å²) in [6.45, 7) is 4.14. The summed E-state index contributed by atoms with van der Waals surface area (Å²) >= 11 is 0. The third-order valence-corrected chi connectivity index (χ3v) is 5.28. The molecular formula is C16H27NO. The maximum absolute atomic E-state index is 10.8. The molecule has 0 aliphatic heterocycles. The molecule has 102 valence electrons. The molecule has 0 amide bonds. The normalized spacial score (nSPS) is 35.8. The van der Waals surface area contributed by atoms with Gasteiger partial charge in [0.2, 0.25) is 0 Å². The fourth-order valence-corrected chi connectivity index (χ4v) is 3.72. The first-order valence-electron chi connectivity index (χ1n) is 7.66. The van der Waals surface area contributed by atoms with E-state index in [-0.39, 0.29) is 0 Å². The molecule has 0 saturated heterocycles. The monoisotopic (exact) mass is 249 g/mol. The van der Waals surface area contributed by atoms with E-state index in [2.05, 4.69) is 13.0 Å². The summed E-state index contributed by atoms with van der Waals surface area (Å²) in [5, 5.41) is 20.4. The van der Waals surface area contributed by atoms with Crippen molar-refractivity contribution in [3.05, 3.63) is 0 Å². The van der Waals surface area contributed by atoms with E-state index < -0.39 is 11.0 Å². The van der Waals surface area contributed by atoms with E-state index in [9.17, 15) is 10.4 Å². The number of aliphatic hydroxyl groups is 1. The zero-order chi connectivity index (χ0) is 13.2. The number of hydrogen-bond donors (Lipinski definition) is 1. The van der Waals surface area contributed by atoms with Crippen LogP contribution in [0.3, 0.4) is 0 Å². The van der Waals surface area contributed by atoms with Gasteiger partial charge in [-0.2, -0.15) is 5.26 Å². The summed E-state index contributed by atoms with van der Waals surface area (Å²) in [4.78, 5) is 0. The lowest BCUT2D eigenvalue weighted by atomic mass is 9.61. The van der Waals surface area contributed by atoms with Crippen molar-refractivity contribution in [3.63, 3.8) is 0 Å². The largest absolute Gasteiger partial charge is 0.389 e. The first kappa shape index (κ1) is 13.9. The quantitative estimate of drug-likeness (QED) is 0.799. The van der Waals surface area contributed by atoms with E-state index in [4.69, 9.17) is 0 Å². The van der Waals surface area contributed by atoms with Crippen LogP contribution in [0, 0.1) is 28.6 Å². The molecule has 0 bridgehead atoms. The maximum Gasteiger partial charge on any atom is 0.0857 e. The molecular weight excluding hydrogens is 222 g/mol. The van der Waals surface area contributed by atoms with Gasteiger partial charge < -0.3 is 5.11 Å². The van der Waals surface area contributed by atoms with Crippen LogP contribution in [0.4, 0.5) is 0 Å². The Morgan fingerprint density at radius 1 is 1.22 bits per heavy atom. The molecule has 2 aliphatic rings. The van der Waals surface area contributed by atoms with Crippen LogP contribution in [0.2, 0.25) is 0 Å². The smallest absolute Gasteiger partial charge is 0.0857 e. The maximum atomic E-state index is 10.8. The van der Waals surface area contributed by atoms with Gasteiger partial charge in [-0.3, -0.25) is 0 Å². The molecule has 0 aromatic carbocycles. The minimum atomic E-state index is -0.778. The minimum Gasteiger partial charge on any atom is -0.389 e. The van der Waals surface area contributed by atoms with Crippen molar-refractivity contribution in [2.45, 2.75) is 77.2 Å². The molecule has 0 spiro atoms.